The molecule has 11 heteroatoms. The van der Waals surface area contributed by atoms with Crippen LogP contribution in [0.1, 0.15) is 0 Å². The number of para-hydroxylation sites is 1. The lowest BCUT2D eigenvalue weighted by atomic mass is 10.2. The minimum absolute atomic E-state index is 0.0940. The second kappa shape index (κ2) is 6.89. The number of hydrogen-bond acceptors (Lipinski definition) is 5. The van der Waals surface area contributed by atoms with E-state index in [-0.39, 0.29) is 9.79 Å². The van der Waals surface area contributed by atoms with Crippen molar-refractivity contribution in [2.75, 3.05) is 11.8 Å². The van der Waals surface area contributed by atoms with Crippen molar-refractivity contribution in [3.63, 3.8) is 0 Å². The third kappa shape index (κ3) is 3.55. The van der Waals surface area contributed by atoms with Crippen molar-refractivity contribution in [1.29, 1.82) is 0 Å². The average Bonchev–Trinajstić information content (AvgIpc) is 2.97. The Morgan fingerprint density at radius 3 is 2.19 bits per heavy atom. The molecule has 0 amide bonds. The van der Waals surface area contributed by atoms with Gasteiger partial charge in [-0.1, -0.05) is 28.6 Å². The van der Waals surface area contributed by atoms with E-state index in [1.54, 1.807) is 24.4 Å². The minimum Gasteiger partial charge on any atom is -0.358 e. The molecule has 1 heterocycles. The second-order valence-electron chi connectivity index (χ2n) is 5.23. The summed E-state index contributed by atoms with van der Waals surface area (Å²) in [5.41, 5.74) is 0.872. The van der Waals surface area contributed by atoms with Crippen LogP contribution in [0.4, 0.5) is 5.69 Å². The number of hydrogen-bond donors (Lipinski definition) is 3. The van der Waals surface area contributed by atoms with Crippen molar-refractivity contribution in [2.45, 2.75) is 9.79 Å². The molecule has 138 valence electrons. The lowest BCUT2D eigenvalue weighted by Crippen LogP contribution is -2.22. The van der Waals surface area contributed by atoms with Crippen LogP contribution in [0.15, 0.2) is 58.5 Å². The van der Waals surface area contributed by atoms with E-state index in [0.717, 1.165) is 7.11 Å². The molecule has 2 aromatic carbocycles. The van der Waals surface area contributed by atoms with E-state index in [9.17, 15) is 16.8 Å². The largest absolute Gasteiger partial charge is 0.358 e. The van der Waals surface area contributed by atoms with Crippen LogP contribution < -0.4 is 9.61 Å². The van der Waals surface area contributed by atoms with E-state index >= 15 is 0 Å². The number of halogens is 1. The molecule has 3 aromatic rings. The molecule has 0 aliphatic heterocycles. The SMILES string of the molecule is CONS(=O)(=O)c1ccc(S(=O)(=O)Nc2cccc3c(Cl)c[nH]c23)cc1. The van der Waals surface area contributed by atoms with Crippen LogP contribution in [0, 0.1) is 0 Å². The molecule has 3 N–H and O–H groups in total. The summed E-state index contributed by atoms with van der Waals surface area (Å²) in [6, 6.07) is 9.74. The number of nitrogens with one attached hydrogen (secondary N) is 3. The maximum Gasteiger partial charge on any atom is 0.262 e. The first-order valence-electron chi connectivity index (χ1n) is 7.18. The highest BCUT2D eigenvalue weighted by molar-refractivity contribution is 7.92. The molecule has 0 spiro atoms. The number of aromatic amines is 1. The zero-order valence-electron chi connectivity index (χ0n) is 13.4. The van der Waals surface area contributed by atoms with Crippen molar-refractivity contribution >= 4 is 48.2 Å². The number of aromatic nitrogens is 1. The van der Waals surface area contributed by atoms with E-state index < -0.39 is 20.0 Å². The van der Waals surface area contributed by atoms with E-state index in [1.807, 2.05) is 4.89 Å². The Kier molecular flexibility index (Phi) is 4.95. The van der Waals surface area contributed by atoms with Gasteiger partial charge in [0, 0.05) is 11.6 Å². The summed E-state index contributed by atoms with van der Waals surface area (Å²) in [6.07, 6.45) is 1.56. The number of anilines is 1. The molecule has 0 bridgehead atoms. The van der Waals surface area contributed by atoms with E-state index in [1.165, 1.54) is 24.3 Å². The smallest absolute Gasteiger partial charge is 0.262 e. The zero-order chi connectivity index (χ0) is 18.9. The number of benzene rings is 2. The first-order valence-corrected chi connectivity index (χ1v) is 10.5. The maximum absolute atomic E-state index is 12.6. The Morgan fingerprint density at radius 1 is 0.962 bits per heavy atom. The first-order chi connectivity index (χ1) is 12.2. The van der Waals surface area contributed by atoms with Gasteiger partial charge in [-0.3, -0.25) is 9.56 Å². The molecule has 3 rings (SSSR count). The predicted octanol–water partition coefficient (Wildman–Crippen LogP) is 2.46. The molecule has 0 unspecified atom stereocenters. The van der Waals surface area contributed by atoms with Gasteiger partial charge in [-0.25, -0.2) is 16.8 Å². The number of H-pyrrole nitrogens is 1. The minimum atomic E-state index is -3.93. The molecule has 26 heavy (non-hydrogen) atoms. The summed E-state index contributed by atoms with van der Waals surface area (Å²) in [4.78, 5) is 8.94. The third-order valence-corrected chi connectivity index (χ3v) is 6.52. The maximum atomic E-state index is 12.6. The highest BCUT2D eigenvalue weighted by Crippen LogP contribution is 2.29. The van der Waals surface area contributed by atoms with Gasteiger partial charge in [0.25, 0.3) is 20.0 Å². The second-order valence-corrected chi connectivity index (χ2v) is 8.97. The van der Waals surface area contributed by atoms with Crippen LogP contribution in [0.25, 0.3) is 10.9 Å². The first kappa shape index (κ1) is 18.7. The van der Waals surface area contributed by atoms with Crippen molar-refractivity contribution in [2.24, 2.45) is 0 Å². The van der Waals surface area contributed by atoms with E-state index in [4.69, 9.17) is 11.6 Å². The van der Waals surface area contributed by atoms with Crippen LogP contribution in [-0.4, -0.2) is 28.9 Å². The Hall–Kier alpha value is -2.11. The van der Waals surface area contributed by atoms with Gasteiger partial charge in [-0.2, -0.15) is 0 Å². The third-order valence-electron chi connectivity index (χ3n) is 3.55. The van der Waals surface area contributed by atoms with Gasteiger partial charge in [0.15, 0.2) is 0 Å². The van der Waals surface area contributed by atoms with Gasteiger partial charge in [0.1, 0.15) is 0 Å². The lowest BCUT2D eigenvalue weighted by molar-refractivity contribution is 0.153. The van der Waals surface area contributed by atoms with Crippen molar-refractivity contribution < 1.29 is 21.7 Å². The predicted molar refractivity (Wildman–Crippen MR) is 97.9 cm³/mol. The Morgan fingerprint density at radius 2 is 1.58 bits per heavy atom. The Labute approximate surface area is 155 Å². The highest BCUT2D eigenvalue weighted by Gasteiger charge is 2.19. The van der Waals surface area contributed by atoms with E-state index in [0.29, 0.717) is 21.6 Å². The van der Waals surface area contributed by atoms with Crippen LogP contribution >= 0.6 is 11.6 Å². The van der Waals surface area contributed by atoms with Crippen LogP contribution in [0.3, 0.4) is 0 Å². The average molecular weight is 416 g/mol. The van der Waals surface area contributed by atoms with Gasteiger partial charge in [0.05, 0.1) is 33.1 Å². The monoisotopic (exact) mass is 415 g/mol. The van der Waals surface area contributed by atoms with Gasteiger partial charge in [-0.15, -0.1) is 0 Å². The molecule has 0 fully saturated rings. The molecule has 0 radical (unpaired) electrons. The standard InChI is InChI=1S/C15H14ClN3O5S2/c1-24-19-26(22,23)11-7-5-10(6-8-11)25(20,21)18-14-4-2-3-12-13(16)9-17-15(12)14/h2-9,17-19H,1H3. The lowest BCUT2D eigenvalue weighted by Gasteiger charge is -2.10. The van der Waals surface area contributed by atoms with Gasteiger partial charge in [-0.05, 0) is 30.3 Å². The molecule has 0 aliphatic carbocycles. The van der Waals surface area contributed by atoms with Gasteiger partial charge < -0.3 is 4.98 Å². The van der Waals surface area contributed by atoms with Crippen molar-refractivity contribution in [1.82, 2.24) is 9.87 Å². The summed E-state index contributed by atoms with van der Waals surface area (Å²) in [6.45, 7) is 0. The number of fused-ring (bicyclic) bond motifs is 1. The molecule has 0 saturated carbocycles. The Balaban J connectivity index is 1.93. The fourth-order valence-electron chi connectivity index (χ4n) is 2.36. The van der Waals surface area contributed by atoms with Crippen LogP contribution in [0.5, 0.6) is 0 Å². The fourth-order valence-corrected chi connectivity index (χ4v) is 4.46. The van der Waals surface area contributed by atoms with Crippen LogP contribution in [0.2, 0.25) is 5.02 Å². The number of rotatable bonds is 6. The molecule has 0 atom stereocenters. The molecule has 1 aromatic heterocycles. The number of sulfonamides is 2. The summed E-state index contributed by atoms with van der Waals surface area (Å²) in [5.74, 6) is 0. The molecule has 0 aliphatic rings. The fraction of sp³-hybridized carbons (Fsp3) is 0.0667. The van der Waals surface area contributed by atoms with Crippen molar-refractivity contribution in [3.8, 4) is 0 Å². The summed E-state index contributed by atoms with van der Waals surface area (Å²) >= 11 is 6.04. The van der Waals surface area contributed by atoms with Crippen LogP contribution in [-0.2, 0) is 24.9 Å². The summed E-state index contributed by atoms with van der Waals surface area (Å²) < 4.78 is 51.3. The molecular weight excluding hydrogens is 402 g/mol. The van der Waals surface area contributed by atoms with Gasteiger partial charge in [0.2, 0.25) is 0 Å². The molecular formula is C15H14ClN3O5S2. The molecule has 0 saturated heterocycles. The Bertz CT molecular complexity index is 1160. The summed E-state index contributed by atoms with van der Waals surface area (Å²) in [5, 5.41) is 1.15. The summed E-state index contributed by atoms with van der Waals surface area (Å²) in [7, 11) is -6.63. The highest BCUT2D eigenvalue weighted by atomic mass is 35.5. The van der Waals surface area contributed by atoms with Crippen molar-refractivity contribution in [3.05, 3.63) is 53.7 Å². The normalized spacial score (nSPS) is 12.4. The van der Waals surface area contributed by atoms with Gasteiger partial charge >= 0.3 is 0 Å². The quantitative estimate of drug-likeness (QED) is 0.534. The van der Waals surface area contributed by atoms with E-state index in [2.05, 4.69) is 14.5 Å². The molecule has 8 nitrogen and oxygen atoms in total. The zero-order valence-corrected chi connectivity index (χ0v) is 15.7. The topological polar surface area (TPSA) is 117 Å².